The van der Waals surface area contributed by atoms with Gasteiger partial charge in [0.15, 0.2) is 0 Å². The van der Waals surface area contributed by atoms with E-state index in [2.05, 4.69) is 37.2 Å². The molecule has 10 atom stereocenters. The van der Waals surface area contributed by atoms with E-state index in [1.807, 2.05) is 13.8 Å². The molecule has 2 saturated heterocycles. The smallest absolute Gasteiger partial charge is 0.247 e. The van der Waals surface area contributed by atoms with E-state index in [-0.39, 0.29) is 37.5 Å². The van der Waals surface area contributed by atoms with Crippen molar-refractivity contribution in [3.05, 3.63) is 29.8 Å². The summed E-state index contributed by atoms with van der Waals surface area (Å²) < 4.78 is 0. The number of nitrogens with one attached hydrogen (secondary N) is 7. The number of hydrogen-bond donors (Lipinski definition) is 12. The first-order valence-corrected chi connectivity index (χ1v) is 23.8. The maximum atomic E-state index is 14.4. The van der Waals surface area contributed by atoms with Crippen LogP contribution in [0.1, 0.15) is 92.1 Å². The Morgan fingerprint density at radius 3 is 1.93 bits per heavy atom. The number of benzene rings is 1. The average molecular weight is 1010 g/mol. The van der Waals surface area contributed by atoms with Crippen molar-refractivity contribution in [2.24, 2.45) is 34.8 Å². The maximum absolute atomic E-state index is 14.4. The van der Waals surface area contributed by atoms with Crippen LogP contribution in [-0.2, 0) is 64.0 Å². The van der Waals surface area contributed by atoms with Crippen molar-refractivity contribution in [3.8, 4) is 5.75 Å². The van der Waals surface area contributed by atoms with E-state index in [1.54, 1.807) is 13.8 Å². The summed E-state index contributed by atoms with van der Waals surface area (Å²) in [6, 6.07) is -6.11. The van der Waals surface area contributed by atoms with E-state index in [9.17, 15) is 62.6 Å². The number of carbonyl (C=O) groups excluding carboxylic acids is 12. The van der Waals surface area contributed by atoms with Gasteiger partial charge >= 0.3 is 0 Å². The second kappa shape index (κ2) is 27.3. The molecule has 2 heterocycles. The Morgan fingerprint density at radius 2 is 1.36 bits per heavy atom. The SMILES string of the molecule is CC[C@H](C)[C@H](NC(=O)[C@H](Cc1ccc(O)cc1)NC(=O)[C@H](C)N)C(=O)N[C@@H](CCC(N)=O)C(=O)N[C@@H](CC(N)=O)C(=O)N1C[C@H](C(=O)N2CCC[C@H]2C(=O)N[C@@H](CC(C)C)C(=O)NCC(N)=O)NC(=O)[C@@H]1C. The number of primary amides is 3. The van der Waals surface area contributed by atoms with Crippen LogP contribution in [-0.4, -0.2) is 160 Å². The Balaban J connectivity index is 1.86. The monoisotopic (exact) mass is 1010 g/mol. The molecule has 3 rings (SSSR count). The van der Waals surface area contributed by atoms with Gasteiger partial charge in [0.25, 0.3) is 0 Å². The summed E-state index contributed by atoms with van der Waals surface area (Å²) in [4.78, 5) is 161. The predicted octanol–water partition coefficient (Wildman–Crippen LogP) is -4.75. The van der Waals surface area contributed by atoms with Crippen LogP contribution in [0.2, 0.25) is 0 Å². The van der Waals surface area contributed by atoms with Crippen LogP contribution >= 0.6 is 0 Å². The number of likely N-dealkylation sites (tertiary alicyclic amines) is 1. The zero-order valence-corrected chi connectivity index (χ0v) is 41.5. The van der Waals surface area contributed by atoms with Crippen molar-refractivity contribution in [1.82, 2.24) is 47.0 Å². The zero-order chi connectivity index (χ0) is 54.1. The molecule has 2 aliphatic rings. The lowest BCUT2D eigenvalue weighted by Gasteiger charge is -2.40. The molecule has 26 heteroatoms. The first-order valence-electron chi connectivity index (χ1n) is 23.8. The number of rotatable bonds is 26. The molecule has 0 saturated carbocycles. The van der Waals surface area contributed by atoms with Gasteiger partial charge in [-0.1, -0.05) is 46.2 Å². The number of phenolic OH excluding ortho intramolecular Hbond substituents is 1. The number of nitrogens with two attached hydrogens (primary N) is 4. The Labute approximate surface area is 416 Å². The average Bonchev–Trinajstić information content (AvgIpc) is 3.81. The molecule has 0 spiro atoms. The minimum atomic E-state index is -1.80. The van der Waals surface area contributed by atoms with Crippen molar-refractivity contribution in [3.63, 3.8) is 0 Å². The van der Waals surface area contributed by atoms with E-state index in [0.717, 1.165) is 4.90 Å². The van der Waals surface area contributed by atoms with Crippen LogP contribution in [0.15, 0.2) is 24.3 Å². The number of aromatic hydroxyl groups is 1. The lowest BCUT2D eigenvalue weighted by Crippen LogP contribution is -2.68. The van der Waals surface area contributed by atoms with Crippen LogP contribution in [0.5, 0.6) is 5.75 Å². The summed E-state index contributed by atoms with van der Waals surface area (Å²) in [5.74, 6) is -10.9. The summed E-state index contributed by atoms with van der Waals surface area (Å²) in [5.41, 5.74) is 22.4. The zero-order valence-electron chi connectivity index (χ0n) is 41.5. The first kappa shape index (κ1) is 58.9. The fourth-order valence-electron chi connectivity index (χ4n) is 8.05. The lowest BCUT2D eigenvalue weighted by atomic mass is 9.96. The molecule has 0 unspecified atom stereocenters. The summed E-state index contributed by atoms with van der Waals surface area (Å²) in [7, 11) is 0. The third kappa shape index (κ3) is 17.5. The summed E-state index contributed by atoms with van der Waals surface area (Å²) in [6.07, 6.45) is -0.752. The van der Waals surface area contributed by atoms with Gasteiger partial charge in [-0.3, -0.25) is 57.5 Å². The molecule has 12 amide bonds. The van der Waals surface area contributed by atoms with Crippen molar-refractivity contribution in [2.75, 3.05) is 19.6 Å². The van der Waals surface area contributed by atoms with Crippen molar-refractivity contribution in [2.45, 2.75) is 147 Å². The Hall–Kier alpha value is -7.38. The van der Waals surface area contributed by atoms with E-state index < -0.39 is 164 Å². The minimum Gasteiger partial charge on any atom is -0.508 e. The lowest BCUT2D eigenvalue weighted by molar-refractivity contribution is -0.152. The van der Waals surface area contributed by atoms with Crippen LogP contribution in [0.4, 0.5) is 0 Å². The highest BCUT2D eigenvalue weighted by molar-refractivity contribution is 6.01. The standard InChI is InChI=1S/C46H71N13O13/c1-7-23(4)37(57-42(68)30(53-38(64)24(5)47)18-26-10-12-27(60)13-11-26)44(70)52-28(14-15-34(48)61)41(67)55-31(19-35(49)62)45(71)59-21-32(56-39(65)25(59)6)46(72)58-16-8-9-33(58)43(69)54-29(17-22(2)3)40(66)51-20-36(50)63/h10-13,22-25,28-33,37,60H,7-9,14-21,47H2,1-6H3,(H2,48,61)(H2,49,62)(H2,50,63)(H,51,66)(H,52,70)(H,53,64)(H,54,69)(H,55,67)(H,56,65)(H,57,68)/t23-,24-,25-,28-,29-,30-,31-,32+,33-,37-/m0/s1. The summed E-state index contributed by atoms with van der Waals surface area (Å²) in [6.45, 7) is 8.83. The molecule has 72 heavy (non-hydrogen) atoms. The van der Waals surface area contributed by atoms with Gasteiger partial charge in [0.05, 0.1) is 25.6 Å². The van der Waals surface area contributed by atoms with Crippen LogP contribution in [0, 0.1) is 11.8 Å². The largest absolute Gasteiger partial charge is 0.508 e. The van der Waals surface area contributed by atoms with Gasteiger partial charge in [-0.15, -0.1) is 0 Å². The van der Waals surface area contributed by atoms with Gasteiger partial charge in [0.1, 0.15) is 54.1 Å². The van der Waals surface area contributed by atoms with Gasteiger partial charge in [-0.25, -0.2) is 0 Å². The Bertz CT molecular complexity index is 2190. The normalized spacial score (nSPS) is 19.4. The number of carbonyl (C=O) groups is 12. The molecular weight excluding hydrogens is 943 g/mol. The molecule has 2 fully saturated rings. The van der Waals surface area contributed by atoms with Crippen LogP contribution in [0.3, 0.4) is 0 Å². The molecule has 2 aliphatic heterocycles. The number of hydrogen-bond acceptors (Lipinski definition) is 14. The minimum absolute atomic E-state index is 0.0410. The molecule has 0 aromatic heterocycles. The highest BCUT2D eigenvalue weighted by Gasteiger charge is 2.45. The van der Waals surface area contributed by atoms with Gasteiger partial charge < -0.3 is 75.1 Å². The molecule has 0 radical (unpaired) electrons. The molecule has 1 aromatic rings. The molecule has 0 aliphatic carbocycles. The third-order valence-corrected chi connectivity index (χ3v) is 12.3. The van der Waals surface area contributed by atoms with Crippen LogP contribution < -0.4 is 60.2 Å². The molecule has 398 valence electrons. The third-order valence-electron chi connectivity index (χ3n) is 12.3. The van der Waals surface area contributed by atoms with Gasteiger partial charge in [-0.05, 0) is 69.1 Å². The van der Waals surface area contributed by atoms with Crippen molar-refractivity contribution < 1.29 is 62.6 Å². The van der Waals surface area contributed by atoms with Crippen molar-refractivity contribution >= 4 is 70.9 Å². The van der Waals surface area contributed by atoms with E-state index in [1.165, 1.54) is 43.0 Å². The predicted molar refractivity (Wildman–Crippen MR) is 256 cm³/mol. The van der Waals surface area contributed by atoms with E-state index in [4.69, 9.17) is 22.9 Å². The number of nitrogens with zero attached hydrogens (tertiary/aromatic N) is 2. The van der Waals surface area contributed by atoms with Crippen LogP contribution in [0.25, 0.3) is 0 Å². The molecular formula is C46H71N13O13. The van der Waals surface area contributed by atoms with Gasteiger partial charge in [0.2, 0.25) is 70.9 Å². The summed E-state index contributed by atoms with van der Waals surface area (Å²) in [5, 5.41) is 27.4. The van der Waals surface area contributed by atoms with Gasteiger partial charge in [0, 0.05) is 19.4 Å². The molecule has 0 bridgehead atoms. The number of piperazine rings is 1. The van der Waals surface area contributed by atoms with Gasteiger partial charge in [-0.2, -0.15) is 0 Å². The second-order valence-corrected chi connectivity index (χ2v) is 18.7. The first-order chi connectivity index (χ1) is 33.7. The Kier molecular flexibility index (Phi) is 22.3. The highest BCUT2D eigenvalue weighted by atomic mass is 16.3. The quantitative estimate of drug-likeness (QED) is 0.0415. The second-order valence-electron chi connectivity index (χ2n) is 18.7. The maximum Gasteiger partial charge on any atom is 0.247 e. The molecule has 16 N–H and O–H groups in total. The Morgan fingerprint density at radius 1 is 0.750 bits per heavy atom. The molecule has 1 aromatic carbocycles. The van der Waals surface area contributed by atoms with Crippen molar-refractivity contribution in [1.29, 1.82) is 0 Å². The van der Waals surface area contributed by atoms with E-state index >= 15 is 0 Å². The highest BCUT2D eigenvalue weighted by Crippen LogP contribution is 2.22. The fourth-order valence-corrected chi connectivity index (χ4v) is 8.05. The number of phenols is 1. The fraction of sp³-hybridized carbons (Fsp3) is 0.609. The molecule has 26 nitrogen and oxygen atoms in total. The van der Waals surface area contributed by atoms with E-state index in [0.29, 0.717) is 18.4 Å². The number of amides is 12. The summed E-state index contributed by atoms with van der Waals surface area (Å²) >= 11 is 0. The topological polar surface area (TPSA) is 420 Å².